The second-order valence-electron chi connectivity index (χ2n) is 3.37. The summed E-state index contributed by atoms with van der Waals surface area (Å²) >= 11 is 5.78. The molecular weight excluding hydrogens is 259 g/mol. The lowest BCUT2D eigenvalue weighted by atomic mass is 10.3. The highest BCUT2D eigenvalue weighted by atomic mass is 35.5. The third-order valence-corrected chi connectivity index (χ3v) is 2.31. The van der Waals surface area contributed by atoms with E-state index in [1.54, 1.807) is 12.1 Å². The third kappa shape index (κ3) is 3.07. The monoisotopic (exact) mass is 268 g/mol. The van der Waals surface area contributed by atoms with Crippen LogP contribution in [0.3, 0.4) is 0 Å². The number of hydrogen-bond acceptors (Lipinski definition) is 4. The quantitative estimate of drug-likeness (QED) is 0.800. The van der Waals surface area contributed by atoms with Gasteiger partial charge in [0, 0.05) is 6.07 Å². The molecule has 1 heterocycles. The molecule has 0 amide bonds. The normalized spacial score (nSPS) is 10.2. The van der Waals surface area contributed by atoms with Gasteiger partial charge in [-0.3, -0.25) is 0 Å². The highest BCUT2D eigenvalue weighted by Gasteiger charge is 2.06. The Morgan fingerprint density at radius 1 is 1.28 bits per heavy atom. The molecule has 0 unspecified atom stereocenters. The fourth-order valence-electron chi connectivity index (χ4n) is 1.32. The summed E-state index contributed by atoms with van der Waals surface area (Å²) in [5, 5.41) is 0.244. The van der Waals surface area contributed by atoms with Crippen molar-refractivity contribution in [3.8, 4) is 11.6 Å². The van der Waals surface area contributed by atoms with E-state index in [-0.39, 0.29) is 17.5 Å². The third-order valence-electron chi connectivity index (χ3n) is 2.12. The zero-order valence-electron chi connectivity index (χ0n) is 9.56. The number of rotatable bonds is 4. The summed E-state index contributed by atoms with van der Waals surface area (Å²) < 4.78 is 23.5. The van der Waals surface area contributed by atoms with Crippen LogP contribution in [0.4, 0.5) is 4.39 Å². The van der Waals surface area contributed by atoms with Gasteiger partial charge in [0.1, 0.15) is 11.8 Å². The van der Waals surface area contributed by atoms with Crippen LogP contribution in [0.5, 0.6) is 11.6 Å². The summed E-state index contributed by atoms with van der Waals surface area (Å²) in [7, 11) is 1.47. The smallest absolute Gasteiger partial charge is 0.217 e. The van der Waals surface area contributed by atoms with Gasteiger partial charge in [-0.1, -0.05) is 23.7 Å². The van der Waals surface area contributed by atoms with Crippen molar-refractivity contribution in [3.63, 3.8) is 0 Å². The van der Waals surface area contributed by atoms with E-state index in [0.717, 1.165) is 0 Å². The van der Waals surface area contributed by atoms with Crippen molar-refractivity contribution in [1.29, 1.82) is 0 Å². The van der Waals surface area contributed by atoms with Crippen molar-refractivity contribution in [2.24, 2.45) is 0 Å². The largest absolute Gasteiger partial charge is 0.483 e. The van der Waals surface area contributed by atoms with E-state index >= 15 is 0 Å². The number of halogens is 2. The van der Waals surface area contributed by atoms with Gasteiger partial charge in [0.2, 0.25) is 5.88 Å². The minimum absolute atomic E-state index is 0.0118. The van der Waals surface area contributed by atoms with Crippen LogP contribution in [-0.4, -0.2) is 17.1 Å². The maximum Gasteiger partial charge on any atom is 0.217 e. The molecule has 0 saturated heterocycles. The molecular formula is C12H10ClFN2O2. The lowest BCUT2D eigenvalue weighted by Crippen LogP contribution is -2.04. The second kappa shape index (κ2) is 5.64. The minimum Gasteiger partial charge on any atom is -0.483 e. The summed E-state index contributed by atoms with van der Waals surface area (Å²) in [5.74, 6) is 0.358. The SMILES string of the molecule is COc1cc(Cl)nc(COc2ccccc2F)n1. The van der Waals surface area contributed by atoms with Crippen molar-refractivity contribution < 1.29 is 13.9 Å². The number of para-hydroxylation sites is 1. The maximum atomic E-state index is 13.3. The number of benzene rings is 1. The van der Waals surface area contributed by atoms with E-state index < -0.39 is 5.82 Å². The van der Waals surface area contributed by atoms with E-state index in [1.807, 2.05) is 0 Å². The highest BCUT2D eigenvalue weighted by molar-refractivity contribution is 6.29. The van der Waals surface area contributed by atoms with Crippen LogP contribution in [0.25, 0.3) is 0 Å². The summed E-state index contributed by atoms with van der Waals surface area (Å²) in [5.41, 5.74) is 0. The van der Waals surface area contributed by atoms with Gasteiger partial charge < -0.3 is 9.47 Å². The molecule has 2 rings (SSSR count). The van der Waals surface area contributed by atoms with E-state index in [9.17, 15) is 4.39 Å². The van der Waals surface area contributed by atoms with Crippen molar-refractivity contribution in [3.05, 3.63) is 47.1 Å². The van der Waals surface area contributed by atoms with Gasteiger partial charge >= 0.3 is 0 Å². The van der Waals surface area contributed by atoms with Crippen LogP contribution in [0, 0.1) is 5.82 Å². The molecule has 0 bridgehead atoms. The fourth-order valence-corrected chi connectivity index (χ4v) is 1.51. The predicted octanol–water partition coefficient (Wildman–Crippen LogP) is 2.86. The van der Waals surface area contributed by atoms with Gasteiger partial charge in [-0.25, -0.2) is 9.37 Å². The molecule has 0 aliphatic carbocycles. The van der Waals surface area contributed by atoms with Crippen LogP contribution < -0.4 is 9.47 Å². The molecule has 0 atom stereocenters. The Hall–Kier alpha value is -1.88. The highest BCUT2D eigenvalue weighted by Crippen LogP contribution is 2.18. The van der Waals surface area contributed by atoms with E-state index in [1.165, 1.54) is 25.3 Å². The predicted molar refractivity (Wildman–Crippen MR) is 64.3 cm³/mol. The molecule has 4 nitrogen and oxygen atoms in total. The van der Waals surface area contributed by atoms with E-state index in [2.05, 4.69) is 9.97 Å². The first-order valence-electron chi connectivity index (χ1n) is 5.14. The minimum atomic E-state index is -0.438. The van der Waals surface area contributed by atoms with Gasteiger partial charge in [0.25, 0.3) is 0 Å². The molecule has 18 heavy (non-hydrogen) atoms. The molecule has 6 heteroatoms. The standard InChI is InChI=1S/C12H10ClFN2O2/c1-17-12-6-10(13)15-11(16-12)7-18-9-5-3-2-4-8(9)14/h2-6H,7H2,1H3. The maximum absolute atomic E-state index is 13.3. The zero-order valence-corrected chi connectivity index (χ0v) is 10.3. The van der Waals surface area contributed by atoms with Crippen molar-refractivity contribution in [2.45, 2.75) is 6.61 Å². The Kier molecular flexibility index (Phi) is 3.94. The number of nitrogens with zero attached hydrogens (tertiary/aromatic N) is 2. The van der Waals surface area contributed by atoms with Crippen LogP contribution in [-0.2, 0) is 6.61 Å². The van der Waals surface area contributed by atoms with E-state index in [4.69, 9.17) is 21.1 Å². The number of hydrogen-bond donors (Lipinski definition) is 0. The molecule has 0 radical (unpaired) electrons. The summed E-state index contributed by atoms with van der Waals surface area (Å²) in [6.07, 6.45) is 0. The average molecular weight is 269 g/mol. The average Bonchev–Trinajstić information content (AvgIpc) is 2.37. The Morgan fingerprint density at radius 3 is 2.78 bits per heavy atom. The van der Waals surface area contributed by atoms with Gasteiger partial charge in [0.05, 0.1) is 7.11 Å². The van der Waals surface area contributed by atoms with Crippen molar-refractivity contribution in [2.75, 3.05) is 7.11 Å². The molecule has 1 aromatic heterocycles. The van der Waals surface area contributed by atoms with Crippen LogP contribution in [0.1, 0.15) is 5.82 Å². The lowest BCUT2D eigenvalue weighted by Gasteiger charge is -2.07. The molecule has 0 aliphatic heterocycles. The van der Waals surface area contributed by atoms with Crippen LogP contribution in [0.15, 0.2) is 30.3 Å². The first-order valence-corrected chi connectivity index (χ1v) is 5.51. The summed E-state index contributed by atoms with van der Waals surface area (Å²) in [6.45, 7) is 0.0118. The van der Waals surface area contributed by atoms with Gasteiger partial charge in [-0.2, -0.15) is 4.98 Å². The first-order chi connectivity index (χ1) is 8.69. The first kappa shape index (κ1) is 12.6. The summed E-state index contributed by atoms with van der Waals surface area (Å²) in [6, 6.07) is 7.58. The van der Waals surface area contributed by atoms with Gasteiger partial charge in [0.15, 0.2) is 17.4 Å². The Bertz CT molecular complexity index is 551. The Morgan fingerprint density at radius 2 is 2.06 bits per heavy atom. The van der Waals surface area contributed by atoms with Crippen LogP contribution >= 0.6 is 11.6 Å². The lowest BCUT2D eigenvalue weighted by molar-refractivity contribution is 0.278. The Balaban J connectivity index is 2.11. The van der Waals surface area contributed by atoms with Gasteiger partial charge in [-0.15, -0.1) is 0 Å². The molecule has 94 valence electrons. The molecule has 0 saturated carbocycles. The Labute approximate surface area is 108 Å². The van der Waals surface area contributed by atoms with Crippen molar-refractivity contribution in [1.82, 2.24) is 9.97 Å². The molecule has 0 aliphatic rings. The topological polar surface area (TPSA) is 44.2 Å². The molecule has 0 spiro atoms. The number of ether oxygens (including phenoxy) is 2. The fraction of sp³-hybridized carbons (Fsp3) is 0.167. The summed E-state index contributed by atoms with van der Waals surface area (Å²) in [4.78, 5) is 7.98. The van der Waals surface area contributed by atoms with Gasteiger partial charge in [-0.05, 0) is 12.1 Å². The number of methoxy groups -OCH3 is 1. The zero-order chi connectivity index (χ0) is 13.0. The number of aromatic nitrogens is 2. The second-order valence-corrected chi connectivity index (χ2v) is 3.76. The molecule has 2 aromatic rings. The molecule has 0 fully saturated rings. The van der Waals surface area contributed by atoms with E-state index in [0.29, 0.717) is 11.7 Å². The molecule has 1 aromatic carbocycles. The van der Waals surface area contributed by atoms with Crippen molar-refractivity contribution >= 4 is 11.6 Å². The van der Waals surface area contributed by atoms with Crippen LogP contribution in [0.2, 0.25) is 5.15 Å². The molecule has 0 N–H and O–H groups in total.